The van der Waals surface area contributed by atoms with Gasteiger partial charge in [0.2, 0.25) is 0 Å². The van der Waals surface area contributed by atoms with Crippen molar-refractivity contribution in [2.45, 2.75) is 6.42 Å². The summed E-state index contributed by atoms with van der Waals surface area (Å²) < 4.78 is 9.97. The lowest BCUT2D eigenvalue weighted by molar-refractivity contribution is 0.386. The van der Waals surface area contributed by atoms with Gasteiger partial charge in [-0.15, -0.1) is 0 Å². The van der Waals surface area contributed by atoms with E-state index in [0.717, 1.165) is 5.82 Å². The Morgan fingerprint density at radius 2 is 2.12 bits per heavy atom. The average molecular weight is 135 g/mol. The van der Waals surface area contributed by atoms with Crippen LogP contribution < -0.4 is 0 Å². The van der Waals surface area contributed by atoms with Crippen LogP contribution in [-0.2, 0) is 4.57 Å². The zero-order chi connectivity index (χ0) is 6.62. The minimum absolute atomic E-state index is 0.408. The molecule has 1 radical (unpaired) electrons. The van der Waals surface area contributed by atoms with Crippen LogP contribution in [0.15, 0.2) is 11.9 Å². The number of hydrogen-bond acceptors (Lipinski definition) is 1. The Morgan fingerprint density at radius 3 is 2.25 bits per heavy atom. The molecule has 0 heterocycles. The van der Waals surface area contributed by atoms with Gasteiger partial charge in [-0.2, -0.15) is 0 Å². The lowest BCUT2D eigenvalue weighted by Gasteiger charge is -1.90. The van der Waals surface area contributed by atoms with Crippen LogP contribution in [0.4, 0.5) is 0 Å². The number of allylic oxidation sites excluding steroid dienone is 1. The third-order valence-electron chi connectivity index (χ3n) is 0.466. The Balaban J connectivity index is 3.71. The van der Waals surface area contributed by atoms with Crippen molar-refractivity contribution in [1.82, 2.24) is 0 Å². The summed E-state index contributed by atoms with van der Waals surface area (Å²) in [4.78, 5) is 16.3. The normalized spacial score (nSPS) is 12.9. The van der Waals surface area contributed by atoms with Gasteiger partial charge in [0.05, 0.1) is 0 Å². The molecule has 0 aliphatic rings. The van der Waals surface area contributed by atoms with Crippen LogP contribution in [0.1, 0.15) is 6.42 Å². The Kier molecular flexibility index (Phi) is 2.98. The Labute approximate surface area is 48.2 Å². The summed E-state index contributed by atoms with van der Waals surface area (Å²) in [5.41, 5.74) is 0. The van der Waals surface area contributed by atoms with Gasteiger partial charge in [0.1, 0.15) is 0 Å². The van der Waals surface area contributed by atoms with Crippen LogP contribution in [0.2, 0.25) is 0 Å². The second-order valence-corrected chi connectivity index (χ2v) is 2.74. The zero-order valence-electron chi connectivity index (χ0n) is 4.32. The number of rotatable bonds is 2. The molecule has 8 heavy (non-hydrogen) atoms. The van der Waals surface area contributed by atoms with E-state index in [0.29, 0.717) is 6.42 Å². The van der Waals surface area contributed by atoms with E-state index < -0.39 is 7.60 Å². The summed E-state index contributed by atoms with van der Waals surface area (Å²) in [7, 11) is -3.90. The molecule has 3 nitrogen and oxygen atoms in total. The van der Waals surface area contributed by atoms with E-state index in [-0.39, 0.29) is 0 Å². The van der Waals surface area contributed by atoms with Crippen LogP contribution in [0.25, 0.3) is 0 Å². The van der Waals surface area contributed by atoms with Gasteiger partial charge in [0.25, 0.3) is 0 Å². The second-order valence-electron chi connectivity index (χ2n) is 1.26. The van der Waals surface area contributed by atoms with Crippen molar-refractivity contribution < 1.29 is 14.4 Å². The van der Waals surface area contributed by atoms with Crippen molar-refractivity contribution in [3.63, 3.8) is 0 Å². The highest BCUT2D eigenvalue weighted by molar-refractivity contribution is 7.55. The van der Waals surface area contributed by atoms with Crippen LogP contribution >= 0.6 is 7.60 Å². The molecular formula is C4H8O3P. The fourth-order valence-corrected chi connectivity index (χ4v) is 0.636. The van der Waals surface area contributed by atoms with Gasteiger partial charge in [0.15, 0.2) is 0 Å². The van der Waals surface area contributed by atoms with Crippen LogP contribution in [-0.4, -0.2) is 9.79 Å². The summed E-state index contributed by atoms with van der Waals surface area (Å²) in [6.45, 7) is 3.36. The molecule has 2 N–H and O–H groups in total. The molecule has 0 fully saturated rings. The van der Waals surface area contributed by atoms with Gasteiger partial charge < -0.3 is 9.79 Å². The molecule has 0 spiro atoms. The molecule has 0 saturated carbocycles. The SMILES string of the molecule is [CH2]C/C=C/P(=O)(O)O. The summed E-state index contributed by atoms with van der Waals surface area (Å²) in [5, 5.41) is 0. The van der Waals surface area contributed by atoms with Crippen molar-refractivity contribution in [2.75, 3.05) is 0 Å². The van der Waals surface area contributed by atoms with Crippen LogP contribution in [0, 0.1) is 6.92 Å². The fourth-order valence-electron chi connectivity index (χ4n) is 0.212. The molecule has 0 unspecified atom stereocenters. The predicted molar refractivity (Wildman–Crippen MR) is 31.2 cm³/mol. The van der Waals surface area contributed by atoms with E-state index in [1.54, 1.807) is 0 Å². The monoisotopic (exact) mass is 135 g/mol. The maximum atomic E-state index is 9.97. The van der Waals surface area contributed by atoms with E-state index in [1.807, 2.05) is 0 Å². The Morgan fingerprint density at radius 1 is 1.62 bits per heavy atom. The highest BCUT2D eigenvalue weighted by Crippen LogP contribution is 2.35. The standard InChI is InChI=1S/C4H8O3P/c1-2-3-4-8(5,6)7/h3-4H,1-2H2,(H2,5,6,7)/b4-3+. The summed E-state index contributed by atoms with van der Waals surface area (Å²) in [6, 6.07) is 0. The van der Waals surface area contributed by atoms with Crippen molar-refractivity contribution in [1.29, 1.82) is 0 Å². The molecule has 0 bridgehead atoms. The van der Waals surface area contributed by atoms with Crippen molar-refractivity contribution in [2.24, 2.45) is 0 Å². The first kappa shape index (κ1) is 7.89. The molecule has 0 aliphatic carbocycles. The van der Waals surface area contributed by atoms with Gasteiger partial charge in [-0.3, -0.25) is 4.57 Å². The van der Waals surface area contributed by atoms with Gasteiger partial charge >= 0.3 is 7.60 Å². The third-order valence-corrected chi connectivity index (χ3v) is 1.07. The smallest absolute Gasteiger partial charge is 0.321 e. The summed E-state index contributed by atoms with van der Waals surface area (Å²) in [6.07, 6.45) is 1.74. The fraction of sp³-hybridized carbons (Fsp3) is 0.250. The predicted octanol–water partition coefficient (Wildman–Crippen LogP) is 0.902. The van der Waals surface area contributed by atoms with E-state index in [1.165, 1.54) is 6.08 Å². The first-order chi connectivity index (χ1) is 3.56. The summed E-state index contributed by atoms with van der Waals surface area (Å²) in [5.74, 6) is 0.847. The van der Waals surface area contributed by atoms with Crippen LogP contribution in [0.3, 0.4) is 0 Å². The van der Waals surface area contributed by atoms with Gasteiger partial charge in [-0.1, -0.05) is 6.08 Å². The topological polar surface area (TPSA) is 57.5 Å². The second kappa shape index (κ2) is 3.02. The van der Waals surface area contributed by atoms with Crippen molar-refractivity contribution in [3.05, 3.63) is 18.8 Å². The van der Waals surface area contributed by atoms with Gasteiger partial charge in [-0.05, 0) is 13.3 Å². The average Bonchev–Trinajstić information content (AvgIpc) is 1.59. The molecule has 0 amide bonds. The highest BCUT2D eigenvalue weighted by atomic mass is 31.2. The molecule has 0 aliphatic heterocycles. The minimum atomic E-state index is -3.90. The molecule has 0 aromatic carbocycles. The quantitative estimate of drug-likeness (QED) is 0.553. The molecule has 4 heteroatoms. The molecular weight excluding hydrogens is 127 g/mol. The Bertz CT molecular complexity index is 123. The van der Waals surface area contributed by atoms with Crippen LogP contribution in [0.5, 0.6) is 0 Å². The minimum Gasteiger partial charge on any atom is -0.321 e. The van der Waals surface area contributed by atoms with E-state index in [9.17, 15) is 4.57 Å². The lowest BCUT2D eigenvalue weighted by Crippen LogP contribution is -1.67. The molecule has 0 atom stereocenters. The Hall–Kier alpha value is -0.110. The summed E-state index contributed by atoms with van der Waals surface area (Å²) >= 11 is 0. The van der Waals surface area contributed by atoms with E-state index >= 15 is 0 Å². The molecule has 0 saturated heterocycles. The van der Waals surface area contributed by atoms with Gasteiger partial charge in [-0.25, -0.2) is 0 Å². The van der Waals surface area contributed by atoms with Crippen molar-refractivity contribution in [3.8, 4) is 0 Å². The molecule has 0 aromatic rings. The van der Waals surface area contributed by atoms with Crippen molar-refractivity contribution >= 4 is 7.60 Å². The lowest BCUT2D eigenvalue weighted by atomic mass is 10.5. The molecule has 47 valence electrons. The maximum Gasteiger partial charge on any atom is 0.348 e. The van der Waals surface area contributed by atoms with E-state index in [4.69, 9.17) is 9.79 Å². The van der Waals surface area contributed by atoms with E-state index in [2.05, 4.69) is 6.92 Å². The zero-order valence-corrected chi connectivity index (χ0v) is 5.21. The third kappa shape index (κ3) is 5.89. The maximum absolute atomic E-state index is 9.97. The molecule has 0 rings (SSSR count). The molecule has 0 aromatic heterocycles. The largest absolute Gasteiger partial charge is 0.348 e. The highest BCUT2D eigenvalue weighted by Gasteiger charge is 2.03. The van der Waals surface area contributed by atoms with Gasteiger partial charge in [0, 0.05) is 5.82 Å². The first-order valence-corrected chi connectivity index (χ1v) is 3.76. The number of hydrogen-bond donors (Lipinski definition) is 2. The first-order valence-electron chi connectivity index (χ1n) is 2.08.